The largest absolute Gasteiger partial charge is 0.329 e. The van der Waals surface area contributed by atoms with Crippen molar-refractivity contribution in [2.24, 2.45) is 5.73 Å². The molecule has 0 saturated carbocycles. The number of hydrogen-bond donors (Lipinski definition) is 1. The number of benzene rings is 1. The number of carbonyl (C=O) groups excluding carboxylic acids is 1. The summed E-state index contributed by atoms with van der Waals surface area (Å²) >= 11 is 0. The lowest BCUT2D eigenvalue weighted by Gasteiger charge is -2.12. The molecule has 1 atom stereocenters. The fourth-order valence-corrected chi connectivity index (χ4v) is 1.39. The molecule has 0 aliphatic rings. The zero-order chi connectivity index (χ0) is 9.68. The lowest BCUT2D eigenvalue weighted by molar-refractivity contribution is -0.120. The van der Waals surface area contributed by atoms with E-state index in [0.717, 1.165) is 5.56 Å². The number of Topliss-reactive ketones (excluding diaryl/α,β-unsaturated/α-hetero) is 1. The molecule has 0 aromatic heterocycles. The zero-order valence-electron chi connectivity index (χ0n) is 7.86. The maximum atomic E-state index is 11.5. The van der Waals surface area contributed by atoms with Gasteiger partial charge in [0.05, 0.1) is 5.92 Å². The SMILES string of the molecule is CCC(=O)C(CN)c1ccccc1. The Morgan fingerprint density at radius 1 is 1.38 bits per heavy atom. The summed E-state index contributed by atoms with van der Waals surface area (Å²) in [5.41, 5.74) is 6.59. The maximum Gasteiger partial charge on any atom is 0.141 e. The first kappa shape index (κ1) is 9.93. The molecule has 0 spiro atoms. The molecule has 70 valence electrons. The number of nitrogens with two attached hydrogens (primary N) is 1. The van der Waals surface area contributed by atoms with Crippen molar-refractivity contribution in [3.05, 3.63) is 35.9 Å². The maximum absolute atomic E-state index is 11.5. The Bertz CT molecular complexity index is 269. The third kappa shape index (κ3) is 2.39. The van der Waals surface area contributed by atoms with Crippen LogP contribution in [0.5, 0.6) is 0 Å². The van der Waals surface area contributed by atoms with Crippen LogP contribution in [0.3, 0.4) is 0 Å². The lowest BCUT2D eigenvalue weighted by atomic mass is 9.94. The van der Waals surface area contributed by atoms with Crippen molar-refractivity contribution in [1.29, 1.82) is 0 Å². The summed E-state index contributed by atoms with van der Waals surface area (Å²) in [5, 5.41) is 0. The van der Waals surface area contributed by atoms with Crippen LogP contribution in [0.15, 0.2) is 30.3 Å². The molecule has 1 aromatic rings. The van der Waals surface area contributed by atoms with E-state index in [1.165, 1.54) is 0 Å². The van der Waals surface area contributed by atoms with Crippen molar-refractivity contribution < 1.29 is 4.79 Å². The van der Waals surface area contributed by atoms with Crippen LogP contribution < -0.4 is 5.73 Å². The summed E-state index contributed by atoms with van der Waals surface area (Å²) in [6, 6.07) is 9.70. The lowest BCUT2D eigenvalue weighted by Crippen LogP contribution is -2.20. The predicted octanol–water partition coefficient (Wildman–Crippen LogP) is 1.71. The third-order valence-corrected chi connectivity index (χ3v) is 2.17. The highest BCUT2D eigenvalue weighted by atomic mass is 16.1. The number of carbonyl (C=O) groups is 1. The smallest absolute Gasteiger partial charge is 0.141 e. The van der Waals surface area contributed by atoms with Gasteiger partial charge in [-0.3, -0.25) is 4.79 Å². The van der Waals surface area contributed by atoms with Crippen LogP contribution in [0, 0.1) is 0 Å². The first-order valence-electron chi connectivity index (χ1n) is 4.57. The molecule has 13 heavy (non-hydrogen) atoms. The van der Waals surface area contributed by atoms with Gasteiger partial charge in [-0.2, -0.15) is 0 Å². The van der Waals surface area contributed by atoms with Crippen molar-refractivity contribution in [3.8, 4) is 0 Å². The molecule has 0 fully saturated rings. The van der Waals surface area contributed by atoms with Gasteiger partial charge in [0.1, 0.15) is 5.78 Å². The Hall–Kier alpha value is -1.15. The minimum Gasteiger partial charge on any atom is -0.329 e. The second kappa shape index (κ2) is 4.77. The van der Waals surface area contributed by atoms with Crippen LogP contribution in [0.25, 0.3) is 0 Å². The van der Waals surface area contributed by atoms with Crippen molar-refractivity contribution in [3.63, 3.8) is 0 Å². The summed E-state index contributed by atoms with van der Waals surface area (Å²) in [7, 11) is 0. The Kier molecular flexibility index (Phi) is 3.65. The molecule has 1 aromatic carbocycles. The summed E-state index contributed by atoms with van der Waals surface area (Å²) in [6.45, 7) is 2.27. The summed E-state index contributed by atoms with van der Waals surface area (Å²) < 4.78 is 0. The van der Waals surface area contributed by atoms with E-state index >= 15 is 0 Å². The van der Waals surface area contributed by atoms with Gasteiger partial charge < -0.3 is 5.73 Å². The average molecular weight is 177 g/mol. The molecular formula is C11H15NO. The van der Waals surface area contributed by atoms with E-state index in [2.05, 4.69) is 0 Å². The quantitative estimate of drug-likeness (QED) is 0.760. The molecule has 1 rings (SSSR count). The normalized spacial score (nSPS) is 12.5. The average Bonchev–Trinajstić information content (AvgIpc) is 2.20. The highest BCUT2D eigenvalue weighted by Crippen LogP contribution is 2.16. The first-order valence-corrected chi connectivity index (χ1v) is 4.57. The monoisotopic (exact) mass is 177 g/mol. The Morgan fingerprint density at radius 2 is 2.00 bits per heavy atom. The van der Waals surface area contributed by atoms with Gasteiger partial charge in [-0.15, -0.1) is 0 Å². The van der Waals surface area contributed by atoms with E-state index in [4.69, 9.17) is 5.73 Å². The standard InChI is InChI=1S/C11H15NO/c1-2-11(13)10(8-12)9-6-4-3-5-7-9/h3-7,10H,2,8,12H2,1H3. The van der Waals surface area contributed by atoms with Crippen LogP contribution >= 0.6 is 0 Å². The highest BCUT2D eigenvalue weighted by Gasteiger charge is 2.15. The fraction of sp³-hybridized carbons (Fsp3) is 0.364. The van der Waals surface area contributed by atoms with Gasteiger partial charge in [0.25, 0.3) is 0 Å². The summed E-state index contributed by atoms with van der Waals surface area (Å²) in [4.78, 5) is 11.5. The Labute approximate surface area is 78.8 Å². The molecular weight excluding hydrogens is 162 g/mol. The van der Waals surface area contributed by atoms with E-state index in [1.54, 1.807) is 0 Å². The second-order valence-corrected chi connectivity index (χ2v) is 3.02. The summed E-state index contributed by atoms with van der Waals surface area (Å²) in [6.07, 6.45) is 0.552. The van der Waals surface area contributed by atoms with Gasteiger partial charge in [-0.25, -0.2) is 0 Å². The molecule has 2 nitrogen and oxygen atoms in total. The second-order valence-electron chi connectivity index (χ2n) is 3.02. The van der Waals surface area contributed by atoms with Crippen molar-refractivity contribution in [2.45, 2.75) is 19.3 Å². The number of ketones is 1. The molecule has 0 bridgehead atoms. The minimum absolute atomic E-state index is 0.119. The van der Waals surface area contributed by atoms with Gasteiger partial charge in [0, 0.05) is 13.0 Å². The van der Waals surface area contributed by atoms with Gasteiger partial charge in [0.2, 0.25) is 0 Å². The topological polar surface area (TPSA) is 43.1 Å². The first-order chi connectivity index (χ1) is 6.29. The van der Waals surface area contributed by atoms with Crippen LogP contribution in [-0.2, 0) is 4.79 Å². The van der Waals surface area contributed by atoms with E-state index in [1.807, 2.05) is 37.3 Å². The van der Waals surface area contributed by atoms with Crippen LogP contribution in [0.4, 0.5) is 0 Å². The van der Waals surface area contributed by atoms with Gasteiger partial charge in [-0.1, -0.05) is 37.3 Å². The Balaban J connectivity index is 2.85. The van der Waals surface area contributed by atoms with Gasteiger partial charge >= 0.3 is 0 Å². The van der Waals surface area contributed by atoms with E-state index in [9.17, 15) is 4.79 Å². The third-order valence-electron chi connectivity index (χ3n) is 2.17. The van der Waals surface area contributed by atoms with Crippen LogP contribution in [0.2, 0.25) is 0 Å². The molecule has 0 radical (unpaired) electrons. The predicted molar refractivity (Wildman–Crippen MR) is 53.5 cm³/mol. The zero-order valence-corrected chi connectivity index (χ0v) is 7.86. The minimum atomic E-state index is -0.119. The molecule has 1 unspecified atom stereocenters. The van der Waals surface area contributed by atoms with Crippen molar-refractivity contribution in [2.75, 3.05) is 6.54 Å². The fourth-order valence-electron chi connectivity index (χ4n) is 1.39. The molecule has 0 heterocycles. The van der Waals surface area contributed by atoms with Crippen molar-refractivity contribution >= 4 is 5.78 Å². The van der Waals surface area contributed by atoms with E-state index in [-0.39, 0.29) is 11.7 Å². The molecule has 0 saturated heterocycles. The number of hydrogen-bond acceptors (Lipinski definition) is 2. The number of rotatable bonds is 4. The summed E-state index contributed by atoms with van der Waals surface area (Å²) in [5.74, 6) is 0.0971. The Morgan fingerprint density at radius 3 is 2.46 bits per heavy atom. The van der Waals surface area contributed by atoms with Gasteiger partial charge in [-0.05, 0) is 5.56 Å². The van der Waals surface area contributed by atoms with Gasteiger partial charge in [0.15, 0.2) is 0 Å². The van der Waals surface area contributed by atoms with Crippen molar-refractivity contribution in [1.82, 2.24) is 0 Å². The molecule has 0 aliphatic heterocycles. The molecule has 0 aliphatic carbocycles. The molecule has 2 N–H and O–H groups in total. The highest BCUT2D eigenvalue weighted by molar-refractivity contribution is 5.85. The molecule has 0 amide bonds. The van der Waals surface area contributed by atoms with E-state index in [0.29, 0.717) is 13.0 Å². The van der Waals surface area contributed by atoms with E-state index < -0.39 is 0 Å². The van der Waals surface area contributed by atoms with Crippen LogP contribution in [0.1, 0.15) is 24.8 Å². The molecule has 2 heteroatoms. The van der Waals surface area contributed by atoms with Crippen LogP contribution in [-0.4, -0.2) is 12.3 Å².